The van der Waals surface area contributed by atoms with Gasteiger partial charge in [0.25, 0.3) is 0 Å². The van der Waals surface area contributed by atoms with E-state index in [0.717, 1.165) is 42.5 Å². The highest BCUT2D eigenvalue weighted by Gasteiger charge is 2.02. The summed E-state index contributed by atoms with van der Waals surface area (Å²) in [6, 6.07) is 6.52. The molecular weight excluding hydrogens is 311 g/mol. The van der Waals surface area contributed by atoms with Crippen molar-refractivity contribution in [1.82, 2.24) is 15.6 Å². The predicted octanol–water partition coefficient (Wildman–Crippen LogP) is 3.14. The van der Waals surface area contributed by atoms with Crippen molar-refractivity contribution in [2.75, 3.05) is 13.1 Å². The van der Waals surface area contributed by atoms with Gasteiger partial charge in [0, 0.05) is 30.6 Å². The lowest BCUT2D eigenvalue weighted by Crippen LogP contribution is -2.38. The molecule has 0 saturated carbocycles. The number of rotatable bonds is 7. The standard InChI is InChI=1S/C17H23FN4S/c1-3-15-12-21-16(23-15)8-9-20-17(19-4-2)22-11-13-6-5-7-14(18)10-13/h5-7,10,12H,3-4,8-9,11H2,1-2H3,(H2,19,20,22). The minimum atomic E-state index is -0.230. The number of halogens is 1. The van der Waals surface area contributed by atoms with Gasteiger partial charge in [0.1, 0.15) is 5.82 Å². The Balaban J connectivity index is 1.86. The van der Waals surface area contributed by atoms with Crippen LogP contribution in [0.5, 0.6) is 0 Å². The molecule has 0 fully saturated rings. The summed E-state index contributed by atoms with van der Waals surface area (Å²) in [6.07, 6.45) is 3.85. The molecule has 0 saturated heterocycles. The van der Waals surface area contributed by atoms with Gasteiger partial charge in [-0.3, -0.25) is 0 Å². The zero-order chi connectivity index (χ0) is 16.5. The van der Waals surface area contributed by atoms with E-state index in [-0.39, 0.29) is 5.82 Å². The van der Waals surface area contributed by atoms with Crippen LogP contribution in [-0.4, -0.2) is 24.0 Å². The molecule has 2 aromatic rings. The molecule has 1 aromatic heterocycles. The van der Waals surface area contributed by atoms with Gasteiger partial charge in [0.05, 0.1) is 11.6 Å². The fraction of sp³-hybridized carbons (Fsp3) is 0.412. The Labute approximate surface area is 140 Å². The first-order valence-corrected chi connectivity index (χ1v) is 8.73. The number of hydrogen-bond donors (Lipinski definition) is 2. The molecule has 0 aliphatic rings. The highest BCUT2D eigenvalue weighted by molar-refractivity contribution is 7.11. The minimum absolute atomic E-state index is 0.230. The van der Waals surface area contributed by atoms with Gasteiger partial charge in [0.15, 0.2) is 5.96 Å². The van der Waals surface area contributed by atoms with Crippen molar-refractivity contribution in [3.8, 4) is 0 Å². The summed E-state index contributed by atoms with van der Waals surface area (Å²) in [6.45, 7) is 6.16. The van der Waals surface area contributed by atoms with E-state index in [2.05, 4.69) is 27.5 Å². The second-order valence-electron chi connectivity index (χ2n) is 5.08. The smallest absolute Gasteiger partial charge is 0.191 e. The van der Waals surface area contributed by atoms with Crippen LogP contribution in [-0.2, 0) is 19.4 Å². The average Bonchev–Trinajstić information content (AvgIpc) is 3.01. The van der Waals surface area contributed by atoms with Crippen molar-refractivity contribution in [2.24, 2.45) is 4.99 Å². The van der Waals surface area contributed by atoms with E-state index in [1.165, 1.54) is 17.0 Å². The summed E-state index contributed by atoms with van der Waals surface area (Å²) in [5, 5.41) is 7.63. The Morgan fingerprint density at radius 3 is 2.87 bits per heavy atom. The van der Waals surface area contributed by atoms with Gasteiger partial charge in [-0.15, -0.1) is 11.3 Å². The van der Waals surface area contributed by atoms with Crippen LogP contribution in [0.25, 0.3) is 0 Å². The zero-order valence-electron chi connectivity index (χ0n) is 13.6. The van der Waals surface area contributed by atoms with E-state index in [4.69, 9.17) is 0 Å². The van der Waals surface area contributed by atoms with Crippen molar-refractivity contribution in [1.29, 1.82) is 0 Å². The molecule has 124 valence electrons. The molecule has 0 amide bonds. The molecule has 1 heterocycles. The quantitative estimate of drug-likeness (QED) is 0.604. The maximum absolute atomic E-state index is 13.2. The molecule has 23 heavy (non-hydrogen) atoms. The van der Waals surface area contributed by atoms with Gasteiger partial charge in [0.2, 0.25) is 0 Å². The molecule has 6 heteroatoms. The second-order valence-corrected chi connectivity index (χ2v) is 6.28. The number of guanidine groups is 1. The maximum atomic E-state index is 13.2. The highest BCUT2D eigenvalue weighted by Crippen LogP contribution is 2.13. The van der Waals surface area contributed by atoms with Gasteiger partial charge < -0.3 is 10.6 Å². The van der Waals surface area contributed by atoms with Crippen LogP contribution in [0.3, 0.4) is 0 Å². The Bertz CT molecular complexity index is 639. The molecule has 0 bridgehead atoms. The number of nitrogens with zero attached hydrogens (tertiary/aromatic N) is 2. The molecule has 0 unspecified atom stereocenters. The second kappa shape index (κ2) is 9.25. The van der Waals surface area contributed by atoms with E-state index < -0.39 is 0 Å². The number of thiazole rings is 1. The van der Waals surface area contributed by atoms with Crippen LogP contribution < -0.4 is 10.6 Å². The summed E-state index contributed by atoms with van der Waals surface area (Å²) in [5.74, 6) is 0.509. The largest absolute Gasteiger partial charge is 0.357 e. The van der Waals surface area contributed by atoms with Gasteiger partial charge in [-0.25, -0.2) is 14.4 Å². The molecule has 2 N–H and O–H groups in total. The lowest BCUT2D eigenvalue weighted by atomic mass is 10.2. The van der Waals surface area contributed by atoms with E-state index in [0.29, 0.717) is 6.54 Å². The number of hydrogen-bond acceptors (Lipinski definition) is 3. The Hall–Kier alpha value is -1.95. The summed E-state index contributed by atoms with van der Waals surface area (Å²) in [4.78, 5) is 10.2. The fourth-order valence-electron chi connectivity index (χ4n) is 2.06. The Kier molecular flexibility index (Phi) is 7.00. The first kappa shape index (κ1) is 17.4. The maximum Gasteiger partial charge on any atom is 0.191 e. The minimum Gasteiger partial charge on any atom is -0.357 e. The Morgan fingerprint density at radius 1 is 1.30 bits per heavy atom. The lowest BCUT2D eigenvalue weighted by molar-refractivity contribution is 0.625. The van der Waals surface area contributed by atoms with Crippen molar-refractivity contribution < 1.29 is 4.39 Å². The third kappa shape index (κ3) is 5.98. The SMILES string of the molecule is CCNC(=NCc1cccc(F)c1)NCCc1ncc(CC)s1. The first-order valence-electron chi connectivity index (χ1n) is 7.91. The highest BCUT2D eigenvalue weighted by atomic mass is 32.1. The van der Waals surface area contributed by atoms with Crippen molar-refractivity contribution in [2.45, 2.75) is 33.2 Å². The third-order valence-electron chi connectivity index (χ3n) is 3.23. The molecular formula is C17H23FN4S. The van der Waals surface area contributed by atoms with Crippen LogP contribution in [0.2, 0.25) is 0 Å². The van der Waals surface area contributed by atoms with Crippen LogP contribution in [0, 0.1) is 5.82 Å². The number of aryl methyl sites for hydroxylation is 1. The molecule has 2 rings (SSSR count). The number of nitrogens with one attached hydrogen (secondary N) is 2. The lowest BCUT2D eigenvalue weighted by Gasteiger charge is -2.10. The van der Waals surface area contributed by atoms with Crippen molar-refractivity contribution >= 4 is 17.3 Å². The van der Waals surface area contributed by atoms with Crippen LogP contribution in [0.4, 0.5) is 4.39 Å². The molecule has 0 aliphatic heterocycles. The molecule has 0 radical (unpaired) electrons. The fourth-order valence-corrected chi connectivity index (χ4v) is 2.92. The number of aromatic nitrogens is 1. The van der Waals surface area contributed by atoms with E-state index in [1.54, 1.807) is 17.4 Å². The van der Waals surface area contributed by atoms with Crippen LogP contribution in [0.15, 0.2) is 35.5 Å². The number of benzene rings is 1. The van der Waals surface area contributed by atoms with Gasteiger partial charge in [-0.05, 0) is 31.0 Å². The van der Waals surface area contributed by atoms with Gasteiger partial charge in [-0.1, -0.05) is 19.1 Å². The van der Waals surface area contributed by atoms with E-state index in [9.17, 15) is 4.39 Å². The van der Waals surface area contributed by atoms with Crippen molar-refractivity contribution in [3.63, 3.8) is 0 Å². The van der Waals surface area contributed by atoms with Gasteiger partial charge >= 0.3 is 0 Å². The molecule has 1 aromatic carbocycles. The normalized spacial score (nSPS) is 11.5. The van der Waals surface area contributed by atoms with E-state index >= 15 is 0 Å². The Morgan fingerprint density at radius 2 is 2.17 bits per heavy atom. The molecule has 0 atom stereocenters. The van der Waals surface area contributed by atoms with Crippen LogP contribution in [0.1, 0.15) is 29.3 Å². The monoisotopic (exact) mass is 334 g/mol. The molecule has 4 nitrogen and oxygen atoms in total. The van der Waals surface area contributed by atoms with E-state index in [1.807, 2.05) is 19.2 Å². The topological polar surface area (TPSA) is 49.3 Å². The molecule has 0 aliphatic carbocycles. The van der Waals surface area contributed by atoms with Crippen molar-refractivity contribution in [3.05, 3.63) is 51.7 Å². The predicted molar refractivity (Wildman–Crippen MR) is 94.4 cm³/mol. The summed E-state index contributed by atoms with van der Waals surface area (Å²) in [7, 11) is 0. The summed E-state index contributed by atoms with van der Waals surface area (Å²) in [5.41, 5.74) is 0.856. The summed E-state index contributed by atoms with van der Waals surface area (Å²) >= 11 is 1.76. The average molecular weight is 334 g/mol. The van der Waals surface area contributed by atoms with Crippen LogP contribution >= 0.6 is 11.3 Å². The summed E-state index contributed by atoms with van der Waals surface area (Å²) < 4.78 is 13.2. The zero-order valence-corrected chi connectivity index (χ0v) is 14.4. The third-order valence-corrected chi connectivity index (χ3v) is 4.44. The molecule has 0 spiro atoms. The van der Waals surface area contributed by atoms with Gasteiger partial charge in [-0.2, -0.15) is 0 Å². The number of aliphatic imine (C=N–C) groups is 1. The first-order chi connectivity index (χ1) is 11.2.